The van der Waals surface area contributed by atoms with Crippen LogP contribution >= 0.6 is 11.6 Å². The van der Waals surface area contributed by atoms with Crippen LogP contribution in [0, 0.1) is 0 Å². The minimum absolute atomic E-state index is 0.0383. The van der Waals surface area contributed by atoms with Crippen LogP contribution in [0.4, 0.5) is 29.3 Å². The molecule has 0 spiro atoms. The van der Waals surface area contributed by atoms with Crippen molar-refractivity contribution in [2.24, 2.45) is 0 Å². The van der Waals surface area contributed by atoms with Crippen LogP contribution in [-0.4, -0.2) is 40.2 Å². The van der Waals surface area contributed by atoms with Crippen molar-refractivity contribution in [3.63, 3.8) is 0 Å². The lowest BCUT2D eigenvalue weighted by molar-refractivity contribution is -0.137. The molecule has 178 valence electrons. The zero-order chi connectivity index (χ0) is 24.7. The molecule has 3 rings (SSSR count). The summed E-state index contributed by atoms with van der Waals surface area (Å²) in [7, 11) is 0. The molecule has 2 aromatic carbocycles. The normalized spacial score (nSPS) is 11.0. The van der Waals surface area contributed by atoms with Gasteiger partial charge in [0.05, 0.1) is 17.2 Å². The topological polar surface area (TPSA) is 125 Å². The third kappa shape index (κ3) is 6.80. The Morgan fingerprint density at radius 3 is 2.50 bits per heavy atom. The Morgan fingerprint density at radius 1 is 1.06 bits per heavy atom. The number of aromatic nitrogens is 2. The predicted octanol–water partition coefficient (Wildman–Crippen LogP) is 4.31. The van der Waals surface area contributed by atoms with Crippen molar-refractivity contribution in [1.82, 2.24) is 15.3 Å². The van der Waals surface area contributed by atoms with E-state index in [0.29, 0.717) is 0 Å². The maximum atomic E-state index is 13.0. The number of nitrogens with one attached hydrogen (secondary N) is 3. The molecule has 0 fully saturated rings. The molecule has 0 aliphatic heterocycles. The van der Waals surface area contributed by atoms with Gasteiger partial charge >= 0.3 is 12.2 Å². The molecule has 1 heterocycles. The maximum Gasteiger partial charge on any atom is 0.417 e. The monoisotopic (exact) mass is 495 g/mol. The lowest BCUT2D eigenvalue weighted by Crippen LogP contribution is -2.28. The fraction of sp³-hybridized carbons (Fsp3) is 0.143. The average molecular weight is 496 g/mol. The molecule has 0 atom stereocenters. The highest BCUT2D eigenvalue weighted by Gasteiger charge is 2.33. The predicted molar refractivity (Wildman–Crippen MR) is 117 cm³/mol. The summed E-state index contributed by atoms with van der Waals surface area (Å²) in [5.41, 5.74) is -0.902. The Hall–Kier alpha value is -3.90. The molecular weight excluding hydrogens is 479 g/mol. The molecule has 34 heavy (non-hydrogen) atoms. The van der Waals surface area contributed by atoms with Gasteiger partial charge in [-0.05, 0) is 30.3 Å². The summed E-state index contributed by atoms with van der Waals surface area (Å²) in [5.74, 6) is -0.459. The second-order valence-electron chi connectivity index (χ2n) is 6.60. The number of carbonyl (C=O) groups is 2. The van der Waals surface area contributed by atoms with E-state index in [0.717, 1.165) is 12.1 Å². The first-order valence-electron chi connectivity index (χ1n) is 9.60. The van der Waals surface area contributed by atoms with Crippen LogP contribution in [-0.2, 0) is 6.18 Å². The number of carbonyl (C=O) groups excluding carboxylic acids is 2. The van der Waals surface area contributed by atoms with Crippen molar-refractivity contribution in [2.75, 3.05) is 23.8 Å². The highest BCUT2D eigenvalue weighted by atomic mass is 35.5. The van der Waals surface area contributed by atoms with Gasteiger partial charge in [-0.1, -0.05) is 17.7 Å². The number of benzene rings is 2. The molecule has 0 aliphatic carbocycles. The Kier molecular flexibility index (Phi) is 7.87. The number of hydrogen-bond acceptors (Lipinski definition) is 6. The first-order chi connectivity index (χ1) is 16.2. The van der Waals surface area contributed by atoms with Crippen LogP contribution in [0.15, 0.2) is 54.7 Å². The quantitative estimate of drug-likeness (QED) is 0.387. The Morgan fingerprint density at radius 2 is 1.79 bits per heavy atom. The molecule has 0 radical (unpaired) electrons. The second kappa shape index (κ2) is 10.8. The standard InChI is InChI=1S/C21H17ClF3N5O4/c22-16-5-4-13(11-15(16)21(23,24)25)29-20(33)28-12-2-1-3-14(10-12)34-17-6-7-26-18(30-17)19(32)27-8-9-31/h1-7,10-11,31H,8-9H2,(H,27,32)(H2,28,29,33). The molecule has 4 N–H and O–H groups in total. The van der Waals surface area contributed by atoms with E-state index in [2.05, 4.69) is 25.9 Å². The molecule has 0 saturated heterocycles. The third-order valence-electron chi connectivity index (χ3n) is 4.07. The Labute approximate surface area is 195 Å². The lowest BCUT2D eigenvalue weighted by Gasteiger charge is -2.13. The number of ether oxygens (including phenoxy) is 1. The highest BCUT2D eigenvalue weighted by molar-refractivity contribution is 6.31. The highest BCUT2D eigenvalue weighted by Crippen LogP contribution is 2.36. The van der Waals surface area contributed by atoms with E-state index < -0.39 is 28.7 Å². The third-order valence-corrected chi connectivity index (χ3v) is 4.40. The smallest absolute Gasteiger partial charge is 0.417 e. The van der Waals surface area contributed by atoms with Gasteiger partial charge in [0.25, 0.3) is 5.91 Å². The molecule has 3 amide bonds. The summed E-state index contributed by atoms with van der Waals surface area (Å²) in [5, 5.41) is 15.5. The molecular formula is C21H17ClF3N5O4. The summed E-state index contributed by atoms with van der Waals surface area (Å²) < 4.78 is 44.6. The van der Waals surface area contributed by atoms with E-state index in [9.17, 15) is 22.8 Å². The summed E-state index contributed by atoms with van der Waals surface area (Å²) >= 11 is 5.58. The second-order valence-corrected chi connectivity index (χ2v) is 7.01. The molecule has 0 bridgehead atoms. The van der Waals surface area contributed by atoms with E-state index in [4.69, 9.17) is 21.4 Å². The van der Waals surface area contributed by atoms with Gasteiger partial charge in [0, 0.05) is 36.2 Å². The molecule has 0 saturated carbocycles. The van der Waals surface area contributed by atoms with E-state index in [1.807, 2.05) is 0 Å². The first-order valence-corrected chi connectivity index (χ1v) is 9.98. The number of halogens is 4. The fourth-order valence-electron chi connectivity index (χ4n) is 2.63. The minimum atomic E-state index is -4.67. The van der Waals surface area contributed by atoms with Gasteiger partial charge in [0.1, 0.15) is 5.75 Å². The van der Waals surface area contributed by atoms with E-state index in [1.165, 1.54) is 30.5 Å². The first kappa shape index (κ1) is 24.7. The number of urea groups is 1. The molecule has 9 nitrogen and oxygen atoms in total. The average Bonchev–Trinajstić information content (AvgIpc) is 2.78. The number of nitrogens with zero attached hydrogens (tertiary/aromatic N) is 2. The Balaban J connectivity index is 1.66. The van der Waals surface area contributed by atoms with Crippen molar-refractivity contribution in [1.29, 1.82) is 0 Å². The van der Waals surface area contributed by atoms with Crippen molar-refractivity contribution in [2.45, 2.75) is 6.18 Å². The van der Waals surface area contributed by atoms with Crippen LogP contribution in [0.5, 0.6) is 11.6 Å². The summed E-state index contributed by atoms with van der Waals surface area (Å²) in [6.45, 7) is -0.201. The van der Waals surface area contributed by atoms with E-state index >= 15 is 0 Å². The number of rotatable bonds is 7. The van der Waals surface area contributed by atoms with E-state index in [1.54, 1.807) is 12.1 Å². The molecule has 13 heteroatoms. The van der Waals surface area contributed by atoms with Gasteiger partial charge in [0.15, 0.2) is 0 Å². The summed E-state index contributed by atoms with van der Waals surface area (Å²) in [6, 6.07) is 9.71. The van der Waals surface area contributed by atoms with Crippen molar-refractivity contribution < 1.29 is 32.6 Å². The number of aliphatic hydroxyl groups excluding tert-OH is 1. The fourth-order valence-corrected chi connectivity index (χ4v) is 2.85. The van der Waals surface area contributed by atoms with Crippen LogP contribution in [0.1, 0.15) is 16.2 Å². The van der Waals surface area contributed by atoms with E-state index in [-0.39, 0.29) is 42.0 Å². The van der Waals surface area contributed by atoms with Crippen LogP contribution in [0.3, 0.4) is 0 Å². The lowest BCUT2D eigenvalue weighted by atomic mass is 10.2. The van der Waals surface area contributed by atoms with Gasteiger partial charge in [-0.2, -0.15) is 18.2 Å². The zero-order valence-electron chi connectivity index (χ0n) is 17.2. The van der Waals surface area contributed by atoms with Gasteiger partial charge in [-0.15, -0.1) is 0 Å². The number of anilines is 2. The maximum absolute atomic E-state index is 13.0. The largest absolute Gasteiger partial charge is 0.439 e. The van der Waals surface area contributed by atoms with Gasteiger partial charge in [-0.25, -0.2) is 9.78 Å². The summed E-state index contributed by atoms with van der Waals surface area (Å²) in [6.07, 6.45) is -3.36. The van der Waals surface area contributed by atoms with Crippen molar-refractivity contribution in [3.05, 3.63) is 71.1 Å². The molecule has 1 aromatic heterocycles. The number of hydrogen-bond donors (Lipinski definition) is 4. The van der Waals surface area contributed by atoms with Crippen molar-refractivity contribution >= 4 is 34.9 Å². The van der Waals surface area contributed by atoms with Crippen LogP contribution in [0.2, 0.25) is 5.02 Å². The SMILES string of the molecule is O=C(Nc1cccc(Oc2ccnc(C(=O)NCCO)n2)c1)Nc1ccc(Cl)c(C(F)(F)F)c1. The number of aliphatic hydroxyl groups is 1. The van der Waals surface area contributed by atoms with Crippen LogP contribution < -0.4 is 20.7 Å². The molecule has 0 aliphatic rings. The van der Waals surface area contributed by atoms with Crippen LogP contribution in [0.25, 0.3) is 0 Å². The van der Waals surface area contributed by atoms with Gasteiger partial charge in [0.2, 0.25) is 11.7 Å². The minimum Gasteiger partial charge on any atom is -0.439 e. The zero-order valence-corrected chi connectivity index (χ0v) is 17.9. The van der Waals surface area contributed by atoms with Gasteiger partial charge < -0.3 is 25.8 Å². The number of alkyl halides is 3. The molecule has 3 aromatic rings. The van der Waals surface area contributed by atoms with Gasteiger partial charge in [-0.3, -0.25) is 4.79 Å². The number of amides is 3. The molecule has 0 unspecified atom stereocenters. The Bertz CT molecular complexity index is 1190. The summed E-state index contributed by atoms with van der Waals surface area (Å²) in [4.78, 5) is 31.9. The van der Waals surface area contributed by atoms with Crippen molar-refractivity contribution in [3.8, 4) is 11.6 Å².